The molecular weight excluding hydrogens is 409 g/mol. The van der Waals surface area contributed by atoms with E-state index in [0.29, 0.717) is 22.0 Å². The zero-order valence-electron chi connectivity index (χ0n) is 14.3. The van der Waals surface area contributed by atoms with Gasteiger partial charge in [0, 0.05) is 16.1 Å². The van der Waals surface area contributed by atoms with E-state index in [9.17, 15) is 18.3 Å². The van der Waals surface area contributed by atoms with Crippen molar-refractivity contribution >= 4 is 39.2 Å². The number of carboxylic acids is 1. The number of sulfonamides is 1. The van der Waals surface area contributed by atoms with Crippen LogP contribution < -0.4 is 0 Å². The Kier molecular flexibility index (Phi) is 5.63. The Morgan fingerprint density at radius 3 is 2.04 bits per heavy atom. The van der Waals surface area contributed by atoms with Crippen LogP contribution in [-0.2, 0) is 14.8 Å². The molecule has 0 saturated heterocycles. The highest BCUT2D eigenvalue weighted by Crippen LogP contribution is 2.42. The number of carbonyl (C=O) groups is 1. The number of carboxylic acid groups (broad SMARTS) is 1. The van der Waals surface area contributed by atoms with Gasteiger partial charge in [-0.3, -0.25) is 0 Å². The number of nitrogens with zero attached hydrogens (tertiary/aromatic N) is 1. The molecule has 142 valence electrons. The summed E-state index contributed by atoms with van der Waals surface area (Å²) >= 11 is 11.8. The van der Waals surface area contributed by atoms with Crippen LogP contribution in [0.15, 0.2) is 65.1 Å². The van der Waals surface area contributed by atoms with Crippen LogP contribution in [0, 0.1) is 0 Å². The zero-order valence-corrected chi connectivity index (χ0v) is 16.7. The molecule has 2 aromatic rings. The van der Waals surface area contributed by atoms with Crippen molar-refractivity contribution in [2.75, 3.05) is 0 Å². The van der Waals surface area contributed by atoms with Gasteiger partial charge in [0.15, 0.2) is 0 Å². The van der Waals surface area contributed by atoms with E-state index in [0.717, 1.165) is 0 Å². The van der Waals surface area contributed by atoms with Crippen molar-refractivity contribution in [1.82, 2.24) is 4.31 Å². The lowest BCUT2D eigenvalue weighted by Gasteiger charge is -2.30. The molecule has 0 bridgehead atoms. The molecule has 0 fully saturated rings. The zero-order chi connectivity index (χ0) is 19.8. The van der Waals surface area contributed by atoms with Crippen molar-refractivity contribution in [3.8, 4) is 0 Å². The van der Waals surface area contributed by atoms with Crippen LogP contribution in [0.4, 0.5) is 0 Å². The molecule has 0 aromatic heterocycles. The lowest BCUT2D eigenvalue weighted by Crippen LogP contribution is -2.38. The Hall–Kier alpha value is -1.86. The first-order valence-electron chi connectivity index (χ1n) is 8.25. The summed E-state index contributed by atoms with van der Waals surface area (Å²) < 4.78 is 28.0. The molecule has 1 N–H and O–H groups in total. The smallest absolute Gasteiger partial charge is 0.333 e. The molecule has 1 aliphatic rings. The first kappa shape index (κ1) is 19.9. The van der Waals surface area contributed by atoms with Crippen molar-refractivity contribution in [3.63, 3.8) is 0 Å². The van der Waals surface area contributed by atoms with Crippen LogP contribution in [0.3, 0.4) is 0 Å². The second-order valence-corrected chi connectivity index (χ2v) is 8.86. The van der Waals surface area contributed by atoms with E-state index in [4.69, 9.17) is 23.2 Å². The van der Waals surface area contributed by atoms with E-state index in [2.05, 4.69) is 0 Å². The maximum atomic E-state index is 13.4. The number of benzene rings is 2. The number of hydrogen-bond donors (Lipinski definition) is 1. The van der Waals surface area contributed by atoms with Gasteiger partial charge in [0.1, 0.15) is 0 Å². The Morgan fingerprint density at radius 2 is 1.56 bits per heavy atom. The summed E-state index contributed by atoms with van der Waals surface area (Å²) in [4.78, 5) is 11.9. The van der Waals surface area contributed by atoms with Crippen molar-refractivity contribution in [1.29, 1.82) is 0 Å². The monoisotopic (exact) mass is 425 g/mol. The van der Waals surface area contributed by atoms with Crippen molar-refractivity contribution < 1.29 is 18.3 Å². The van der Waals surface area contributed by atoms with Crippen molar-refractivity contribution in [2.24, 2.45) is 0 Å². The van der Waals surface area contributed by atoms with Crippen molar-refractivity contribution in [2.45, 2.75) is 30.3 Å². The molecule has 27 heavy (non-hydrogen) atoms. The van der Waals surface area contributed by atoms with Gasteiger partial charge in [-0.05, 0) is 48.4 Å². The van der Waals surface area contributed by atoms with Crippen LogP contribution in [0.2, 0.25) is 10.0 Å². The molecule has 0 radical (unpaired) electrons. The fourth-order valence-electron chi connectivity index (χ4n) is 3.20. The molecule has 2 aromatic carbocycles. The highest BCUT2D eigenvalue weighted by molar-refractivity contribution is 7.89. The van der Waals surface area contributed by atoms with E-state index in [1.165, 1.54) is 34.6 Å². The van der Waals surface area contributed by atoms with E-state index >= 15 is 0 Å². The summed E-state index contributed by atoms with van der Waals surface area (Å²) in [6, 6.07) is 10.8. The van der Waals surface area contributed by atoms with Gasteiger partial charge >= 0.3 is 5.97 Å². The summed E-state index contributed by atoms with van der Waals surface area (Å²) in [7, 11) is -3.96. The topological polar surface area (TPSA) is 74.7 Å². The summed E-state index contributed by atoms with van der Waals surface area (Å²) in [5.41, 5.74) is 0.572. The second-order valence-electron chi connectivity index (χ2n) is 6.15. The summed E-state index contributed by atoms with van der Waals surface area (Å²) in [5.74, 6) is -1.15. The lowest BCUT2D eigenvalue weighted by molar-refractivity contribution is -0.133. The maximum Gasteiger partial charge on any atom is 0.333 e. The van der Waals surface area contributed by atoms with Crippen LogP contribution in [0.1, 0.15) is 24.9 Å². The molecule has 3 rings (SSSR count). The molecule has 0 aliphatic carbocycles. The maximum absolute atomic E-state index is 13.4. The third-order valence-corrected chi connectivity index (χ3v) is 6.90. The predicted molar refractivity (Wildman–Crippen MR) is 104 cm³/mol. The average Bonchev–Trinajstić information content (AvgIpc) is 3.03. The molecule has 0 amide bonds. The van der Waals surface area contributed by atoms with E-state index in [-0.39, 0.29) is 10.5 Å². The largest absolute Gasteiger partial charge is 0.478 e. The normalized spacial score (nSPS) is 20.5. The molecule has 5 nitrogen and oxygen atoms in total. The minimum atomic E-state index is -3.96. The van der Waals surface area contributed by atoms with Crippen LogP contribution >= 0.6 is 23.2 Å². The Morgan fingerprint density at radius 1 is 1.04 bits per heavy atom. The minimum absolute atomic E-state index is 0.0294. The van der Waals surface area contributed by atoms with Crippen LogP contribution in [0.5, 0.6) is 0 Å². The van der Waals surface area contributed by atoms with Gasteiger partial charge in [-0.25, -0.2) is 13.2 Å². The highest BCUT2D eigenvalue weighted by atomic mass is 35.5. The third kappa shape index (κ3) is 3.75. The molecular formula is C19H17Cl2NO4S. The summed E-state index contributed by atoms with van der Waals surface area (Å²) in [6.07, 6.45) is 1.95. The average molecular weight is 426 g/mol. The van der Waals surface area contributed by atoms with Crippen LogP contribution in [-0.4, -0.2) is 29.8 Å². The standard InChI is InChI=1S/C19H17Cl2NO4S/c1-2-15-11-17(19(23)24)18(12-3-5-13(20)6-4-12)22(15)27(25,26)16-9-7-14(21)8-10-16/h3-11,15,18H,2H2,1H3,(H,23,24)/t15-,18+/m0/s1. The van der Waals surface area contributed by atoms with Gasteiger partial charge < -0.3 is 5.11 Å². The number of halogens is 2. The lowest BCUT2D eigenvalue weighted by atomic mass is 10.0. The molecule has 2 atom stereocenters. The predicted octanol–water partition coefficient (Wildman–Crippen LogP) is 4.53. The third-order valence-electron chi connectivity index (χ3n) is 4.49. The van der Waals surface area contributed by atoms with Gasteiger partial charge in [0.25, 0.3) is 0 Å². The molecule has 8 heteroatoms. The van der Waals surface area contributed by atoms with Gasteiger partial charge in [0.05, 0.1) is 16.5 Å². The first-order chi connectivity index (χ1) is 12.8. The molecule has 1 heterocycles. The highest BCUT2D eigenvalue weighted by Gasteiger charge is 2.45. The fourth-order valence-corrected chi connectivity index (χ4v) is 5.26. The molecule has 0 spiro atoms. The Bertz CT molecular complexity index is 985. The summed E-state index contributed by atoms with van der Waals surface area (Å²) in [5, 5.41) is 10.6. The van der Waals surface area contributed by atoms with Crippen LogP contribution in [0.25, 0.3) is 0 Å². The Balaban J connectivity index is 2.16. The molecule has 1 aliphatic heterocycles. The van der Waals surface area contributed by atoms with Gasteiger partial charge in [0.2, 0.25) is 10.0 Å². The molecule has 0 saturated carbocycles. The number of rotatable bonds is 5. The van der Waals surface area contributed by atoms with E-state index in [1.54, 1.807) is 24.3 Å². The number of aliphatic carboxylic acids is 1. The van der Waals surface area contributed by atoms with E-state index in [1.807, 2.05) is 6.92 Å². The van der Waals surface area contributed by atoms with Gasteiger partial charge in [-0.15, -0.1) is 0 Å². The quantitative estimate of drug-likeness (QED) is 0.763. The fraction of sp³-hybridized carbons (Fsp3) is 0.211. The number of hydrogen-bond acceptors (Lipinski definition) is 3. The molecule has 0 unspecified atom stereocenters. The Labute approximate surface area is 167 Å². The summed E-state index contributed by atoms with van der Waals surface area (Å²) in [6.45, 7) is 1.81. The van der Waals surface area contributed by atoms with Gasteiger partial charge in [-0.1, -0.05) is 48.3 Å². The minimum Gasteiger partial charge on any atom is -0.478 e. The van der Waals surface area contributed by atoms with Gasteiger partial charge in [-0.2, -0.15) is 4.31 Å². The van der Waals surface area contributed by atoms with E-state index < -0.39 is 28.1 Å². The second kappa shape index (κ2) is 7.64. The SMILES string of the molecule is CC[C@H]1C=C(C(=O)O)[C@@H](c2ccc(Cl)cc2)N1S(=O)(=O)c1ccc(Cl)cc1. The first-order valence-corrected chi connectivity index (χ1v) is 10.4. The van der Waals surface area contributed by atoms with Crippen molar-refractivity contribution in [3.05, 3.63) is 75.8 Å².